The van der Waals surface area contributed by atoms with Crippen LogP contribution in [0.3, 0.4) is 0 Å². The molecule has 0 aliphatic carbocycles. The first-order valence-electron chi connectivity index (χ1n) is 6.25. The monoisotopic (exact) mass is 293 g/mol. The smallest absolute Gasteiger partial charge is 0.224 e. The first-order valence-corrected chi connectivity index (χ1v) is 7.66. The molecule has 1 aromatic heterocycles. The van der Waals surface area contributed by atoms with Crippen LogP contribution in [-0.2, 0) is 17.1 Å². The highest BCUT2D eigenvalue weighted by atomic mass is 35.5. The Labute approximate surface area is 122 Å². The molecule has 4 heteroatoms. The summed E-state index contributed by atoms with van der Waals surface area (Å²) in [5.41, 5.74) is 1.88. The molecule has 2 nitrogen and oxygen atoms in total. The van der Waals surface area contributed by atoms with E-state index in [2.05, 4.69) is 16.8 Å². The van der Waals surface area contributed by atoms with E-state index in [-0.39, 0.29) is 5.91 Å². The third-order valence-electron chi connectivity index (χ3n) is 2.80. The summed E-state index contributed by atoms with van der Waals surface area (Å²) in [5.74, 6) is 0.560. The van der Waals surface area contributed by atoms with Crippen LogP contribution in [0.25, 0.3) is 0 Å². The van der Waals surface area contributed by atoms with E-state index in [9.17, 15) is 4.79 Å². The third-order valence-corrected chi connectivity index (χ3v) is 4.04. The number of anilines is 1. The van der Waals surface area contributed by atoms with Crippen LogP contribution in [0.1, 0.15) is 23.3 Å². The zero-order valence-corrected chi connectivity index (χ0v) is 12.1. The van der Waals surface area contributed by atoms with Crippen LogP contribution in [0.5, 0.6) is 0 Å². The van der Waals surface area contributed by atoms with Crippen LogP contribution in [0.15, 0.2) is 41.8 Å². The molecule has 100 valence electrons. The molecule has 0 aliphatic rings. The van der Waals surface area contributed by atoms with Gasteiger partial charge >= 0.3 is 0 Å². The molecular weight excluding hydrogens is 278 g/mol. The Morgan fingerprint density at radius 1 is 1.21 bits per heavy atom. The van der Waals surface area contributed by atoms with E-state index in [1.54, 1.807) is 11.3 Å². The van der Waals surface area contributed by atoms with Crippen molar-refractivity contribution in [3.05, 3.63) is 52.2 Å². The molecule has 0 saturated carbocycles. The number of carbonyl (C=O) groups excluding carboxylic acids is 1. The Bertz CT molecular complexity index is 507. The summed E-state index contributed by atoms with van der Waals surface area (Å²) in [6, 6.07) is 11.8. The fraction of sp³-hybridized carbons (Fsp3) is 0.267. The Kier molecular flexibility index (Phi) is 5.43. The number of nitrogens with one attached hydrogen (secondary N) is 1. The zero-order valence-electron chi connectivity index (χ0n) is 10.6. The average molecular weight is 294 g/mol. The molecule has 0 unspecified atom stereocenters. The molecule has 2 rings (SSSR count). The molecule has 1 N–H and O–H groups in total. The second-order valence-corrected chi connectivity index (χ2v) is 5.61. The van der Waals surface area contributed by atoms with Crippen molar-refractivity contribution in [2.24, 2.45) is 0 Å². The maximum atomic E-state index is 11.8. The Morgan fingerprint density at radius 2 is 2.00 bits per heavy atom. The minimum atomic E-state index is 0.0650. The van der Waals surface area contributed by atoms with E-state index in [4.69, 9.17) is 11.6 Å². The van der Waals surface area contributed by atoms with E-state index >= 15 is 0 Å². The van der Waals surface area contributed by atoms with Crippen molar-refractivity contribution in [3.63, 3.8) is 0 Å². The lowest BCUT2D eigenvalue weighted by Gasteiger charge is -2.05. The topological polar surface area (TPSA) is 29.1 Å². The van der Waals surface area contributed by atoms with Crippen LogP contribution in [0.4, 0.5) is 5.69 Å². The predicted octanol–water partition coefficient (Wildman–Crippen LogP) is 4.45. The van der Waals surface area contributed by atoms with Gasteiger partial charge in [0.15, 0.2) is 0 Å². The van der Waals surface area contributed by atoms with Crippen molar-refractivity contribution < 1.29 is 4.79 Å². The summed E-state index contributed by atoms with van der Waals surface area (Å²) < 4.78 is 0. The summed E-state index contributed by atoms with van der Waals surface area (Å²) in [4.78, 5) is 13.1. The Balaban J connectivity index is 1.74. The normalized spacial score (nSPS) is 10.4. The van der Waals surface area contributed by atoms with Gasteiger partial charge in [0.1, 0.15) is 0 Å². The average Bonchev–Trinajstić information content (AvgIpc) is 2.93. The number of rotatable bonds is 6. The van der Waals surface area contributed by atoms with Gasteiger partial charge in [0, 0.05) is 22.9 Å². The van der Waals surface area contributed by atoms with Gasteiger partial charge in [0.05, 0.1) is 0 Å². The predicted molar refractivity (Wildman–Crippen MR) is 81.9 cm³/mol. The number of amides is 1. The van der Waals surface area contributed by atoms with E-state index in [1.165, 1.54) is 4.88 Å². The van der Waals surface area contributed by atoms with Crippen LogP contribution in [0.2, 0.25) is 0 Å². The van der Waals surface area contributed by atoms with Crippen LogP contribution in [-0.4, -0.2) is 5.91 Å². The SMILES string of the molecule is O=C(CCCc1cccs1)Nc1ccc(CCl)cc1. The largest absolute Gasteiger partial charge is 0.326 e. The summed E-state index contributed by atoms with van der Waals surface area (Å²) in [5, 5.41) is 4.96. The summed E-state index contributed by atoms with van der Waals surface area (Å²) in [6.45, 7) is 0. The molecule has 0 spiro atoms. The van der Waals surface area contributed by atoms with Gasteiger partial charge in [-0.05, 0) is 42.0 Å². The van der Waals surface area contributed by atoms with Crippen molar-refractivity contribution in [2.75, 3.05) is 5.32 Å². The summed E-state index contributed by atoms with van der Waals surface area (Å²) >= 11 is 7.45. The quantitative estimate of drug-likeness (QED) is 0.783. The Hall–Kier alpha value is -1.32. The van der Waals surface area contributed by atoms with Gasteiger partial charge < -0.3 is 5.32 Å². The van der Waals surface area contributed by atoms with Crippen molar-refractivity contribution in [3.8, 4) is 0 Å². The summed E-state index contributed by atoms with van der Waals surface area (Å²) in [7, 11) is 0. The molecule has 0 bridgehead atoms. The van der Waals surface area contributed by atoms with Crippen LogP contribution >= 0.6 is 22.9 Å². The first kappa shape index (κ1) is 14.1. The number of thiophene rings is 1. The molecule has 1 aromatic carbocycles. The highest BCUT2D eigenvalue weighted by Gasteiger charge is 2.03. The van der Waals surface area contributed by atoms with E-state index < -0.39 is 0 Å². The molecular formula is C15H16ClNOS. The lowest BCUT2D eigenvalue weighted by molar-refractivity contribution is -0.116. The number of benzene rings is 1. The molecule has 1 heterocycles. The minimum absolute atomic E-state index is 0.0650. The van der Waals surface area contributed by atoms with Crippen molar-refractivity contribution in [2.45, 2.75) is 25.1 Å². The van der Waals surface area contributed by atoms with Crippen molar-refractivity contribution in [1.82, 2.24) is 0 Å². The van der Waals surface area contributed by atoms with Crippen LogP contribution in [0, 0.1) is 0 Å². The molecule has 0 fully saturated rings. The minimum Gasteiger partial charge on any atom is -0.326 e. The van der Waals surface area contributed by atoms with Gasteiger partial charge in [-0.3, -0.25) is 4.79 Å². The number of aryl methyl sites for hydroxylation is 1. The van der Waals surface area contributed by atoms with Crippen molar-refractivity contribution >= 4 is 34.5 Å². The fourth-order valence-electron chi connectivity index (χ4n) is 1.78. The second-order valence-electron chi connectivity index (χ2n) is 4.31. The molecule has 0 aliphatic heterocycles. The fourth-order valence-corrected chi connectivity index (χ4v) is 2.71. The number of hydrogen-bond acceptors (Lipinski definition) is 2. The van der Waals surface area contributed by atoms with E-state index in [0.29, 0.717) is 12.3 Å². The standard InChI is InChI=1S/C15H16ClNOS/c16-11-12-6-8-13(9-7-12)17-15(18)5-1-3-14-4-2-10-19-14/h2,4,6-10H,1,3,5,11H2,(H,17,18). The van der Waals surface area contributed by atoms with Gasteiger partial charge in [0.2, 0.25) is 5.91 Å². The number of halogens is 1. The van der Waals surface area contributed by atoms with E-state index in [1.807, 2.05) is 30.3 Å². The number of hydrogen-bond donors (Lipinski definition) is 1. The first-order chi connectivity index (χ1) is 9.28. The molecule has 0 saturated heterocycles. The molecule has 1 amide bonds. The molecule has 0 radical (unpaired) electrons. The lowest BCUT2D eigenvalue weighted by atomic mass is 10.2. The highest BCUT2D eigenvalue weighted by Crippen LogP contribution is 2.14. The lowest BCUT2D eigenvalue weighted by Crippen LogP contribution is -2.11. The van der Waals surface area contributed by atoms with Gasteiger partial charge in [-0.2, -0.15) is 0 Å². The molecule has 19 heavy (non-hydrogen) atoms. The van der Waals surface area contributed by atoms with Gasteiger partial charge in [-0.25, -0.2) is 0 Å². The Morgan fingerprint density at radius 3 is 2.63 bits per heavy atom. The highest BCUT2D eigenvalue weighted by molar-refractivity contribution is 7.09. The number of alkyl halides is 1. The second kappa shape index (κ2) is 7.31. The van der Waals surface area contributed by atoms with Gasteiger partial charge in [-0.1, -0.05) is 18.2 Å². The van der Waals surface area contributed by atoms with Gasteiger partial charge in [0.25, 0.3) is 0 Å². The third kappa shape index (κ3) is 4.69. The number of carbonyl (C=O) groups is 1. The van der Waals surface area contributed by atoms with Crippen LogP contribution < -0.4 is 5.32 Å². The molecule has 0 atom stereocenters. The maximum Gasteiger partial charge on any atom is 0.224 e. The maximum absolute atomic E-state index is 11.8. The van der Waals surface area contributed by atoms with Crippen molar-refractivity contribution in [1.29, 1.82) is 0 Å². The van der Waals surface area contributed by atoms with E-state index in [0.717, 1.165) is 24.1 Å². The summed E-state index contributed by atoms with van der Waals surface area (Å²) in [6.07, 6.45) is 2.40. The molecule has 2 aromatic rings. The zero-order chi connectivity index (χ0) is 13.5. The van der Waals surface area contributed by atoms with Gasteiger partial charge in [-0.15, -0.1) is 22.9 Å².